The molecule has 0 aliphatic rings. The summed E-state index contributed by atoms with van der Waals surface area (Å²) < 4.78 is 17.0. The molecule has 0 aliphatic heterocycles. The van der Waals surface area contributed by atoms with Crippen molar-refractivity contribution in [3.05, 3.63) is 36.0 Å². The van der Waals surface area contributed by atoms with E-state index in [1.165, 1.54) is 7.11 Å². The molecule has 1 atom stereocenters. The number of methoxy groups -OCH3 is 1. The number of para-hydroxylation sites is 1. The van der Waals surface area contributed by atoms with E-state index >= 15 is 0 Å². The third-order valence-corrected chi connectivity index (χ3v) is 5.38. The second kappa shape index (κ2) is 7.08. The molecule has 1 heterocycles. The molecule has 0 aliphatic carbocycles. The smallest absolute Gasteiger partial charge is 0.255 e. The summed E-state index contributed by atoms with van der Waals surface area (Å²) in [5.41, 5.74) is 1.19. The topological polar surface area (TPSA) is 68.3 Å². The SMILES string of the molecule is COc1cnc2ccccc2c1C(=O)NCC[S@](=O)C(C)(C)C. The van der Waals surface area contributed by atoms with Crippen LogP contribution in [0.4, 0.5) is 0 Å². The Morgan fingerprint density at radius 3 is 2.65 bits per heavy atom. The molecule has 0 fully saturated rings. The van der Waals surface area contributed by atoms with Gasteiger partial charge in [-0.15, -0.1) is 0 Å². The number of ether oxygens (including phenoxy) is 1. The summed E-state index contributed by atoms with van der Waals surface area (Å²) in [6, 6.07) is 7.41. The number of rotatable bonds is 5. The molecular weight excluding hydrogens is 312 g/mol. The second-order valence-electron chi connectivity index (χ2n) is 6.14. The van der Waals surface area contributed by atoms with Crippen molar-refractivity contribution in [1.82, 2.24) is 10.3 Å². The Hall–Kier alpha value is -1.95. The first-order chi connectivity index (χ1) is 10.8. The molecule has 23 heavy (non-hydrogen) atoms. The van der Waals surface area contributed by atoms with E-state index in [9.17, 15) is 9.00 Å². The third-order valence-electron chi connectivity index (χ3n) is 3.44. The molecule has 0 unspecified atom stereocenters. The van der Waals surface area contributed by atoms with Gasteiger partial charge in [0, 0.05) is 33.2 Å². The van der Waals surface area contributed by atoms with Crippen molar-refractivity contribution in [2.75, 3.05) is 19.4 Å². The number of amides is 1. The number of carbonyl (C=O) groups is 1. The van der Waals surface area contributed by atoms with E-state index < -0.39 is 10.8 Å². The number of carbonyl (C=O) groups excluding carboxylic acids is 1. The Morgan fingerprint density at radius 1 is 1.30 bits per heavy atom. The van der Waals surface area contributed by atoms with Crippen molar-refractivity contribution >= 4 is 27.6 Å². The zero-order valence-corrected chi connectivity index (χ0v) is 14.7. The molecule has 2 aromatic rings. The van der Waals surface area contributed by atoms with Crippen LogP contribution in [0.3, 0.4) is 0 Å². The standard InChI is InChI=1S/C17H22N2O3S/c1-17(2,3)23(21)10-9-18-16(20)15-12-7-5-6-8-13(12)19-11-14(15)22-4/h5-8,11H,9-10H2,1-4H3,(H,18,20)/t23-/m0/s1. The minimum atomic E-state index is -1.00. The minimum absolute atomic E-state index is 0.244. The van der Waals surface area contributed by atoms with Crippen molar-refractivity contribution in [3.63, 3.8) is 0 Å². The summed E-state index contributed by atoms with van der Waals surface area (Å²) in [7, 11) is 0.508. The molecule has 0 spiro atoms. The fourth-order valence-corrected chi connectivity index (χ4v) is 3.06. The predicted octanol–water partition coefficient (Wildman–Crippen LogP) is 2.52. The van der Waals surface area contributed by atoms with Crippen molar-refractivity contribution in [1.29, 1.82) is 0 Å². The van der Waals surface area contributed by atoms with Gasteiger partial charge in [0.15, 0.2) is 5.75 Å². The quantitative estimate of drug-likeness (QED) is 0.912. The molecule has 1 amide bonds. The van der Waals surface area contributed by atoms with Crippen molar-refractivity contribution < 1.29 is 13.7 Å². The molecule has 0 bridgehead atoms. The van der Waals surface area contributed by atoms with Crippen LogP contribution in [0.25, 0.3) is 10.9 Å². The third kappa shape index (κ3) is 4.07. The van der Waals surface area contributed by atoms with Crippen LogP contribution < -0.4 is 10.1 Å². The van der Waals surface area contributed by atoms with Crippen molar-refractivity contribution in [2.45, 2.75) is 25.5 Å². The number of hydrogen-bond donors (Lipinski definition) is 1. The largest absolute Gasteiger partial charge is 0.494 e. The molecule has 0 saturated carbocycles. The maximum absolute atomic E-state index is 12.6. The maximum atomic E-state index is 12.6. The zero-order chi connectivity index (χ0) is 17.0. The average molecular weight is 334 g/mol. The lowest BCUT2D eigenvalue weighted by atomic mass is 10.1. The molecule has 0 saturated heterocycles. The second-order valence-corrected chi connectivity index (χ2v) is 8.46. The van der Waals surface area contributed by atoms with Gasteiger partial charge in [-0.1, -0.05) is 18.2 Å². The predicted molar refractivity (Wildman–Crippen MR) is 93.4 cm³/mol. The van der Waals surface area contributed by atoms with Gasteiger partial charge in [-0.25, -0.2) is 0 Å². The van der Waals surface area contributed by atoms with Gasteiger partial charge in [0.25, 0.3) is 5.91 Å². The molecule has 0 radical (unpaired) electrons. The number of nitrogens with one attached hydrogen (secondary N) is 1. The summed E-state index contributed by atoms with van der Waals surface area (Å²) >= 11 is 0. The number of nitrogens with zero attached hydrogens (tertiary/aromatic N) is 1. The highest BCUT2D eigenvalue weighted by atomic mass is 32.2. The van der Waals surface area contributed by atoms with Crippen LogP contribution in [-0.2, 0) is 10.8 Å². The number of pyridine rings is 1. The van der Waals surface area contributed by atoms with Crippen LogP contribution in [0.2, 0.25) is 0 Å². The van der Waals surface area contributed by atoms with Crippen molar-refractivity contribution in [3.8, 4) is 5.75 Å². The molecule has 1 aromatic heterocycles. The summed E-state index contributed by atoms with van der Waals surface area (Å²) in [5.74, 6) is 0.602. The lowest BCUT2D eigenvalue weighted by molar-refractivity contribution is 0.0954. The Kier molecular flexibility index (Phi) is 5.36. The molecule has 1 aromatic carbocycles. The van der Waals surface area contributed by atoms with E-state index in [0.29, 0.717) is 23.6 Å². The van der Waals surface area contributed by atoms with Gasteiger partial charge in [-0.3, -0.25) is 14.0 Å². The van der Waals surface area contributed by atoms with Gasteiger partial charge in [-0.05, 0) is 26.8 Å². The van der Waals surface area contributed by atoms with E-state index in [1.54, 1.807) is 6.20 Å². The van der Waals surface area contributed by atoms with Gasteiger partial charge < -0.3 is 10.1 Å². The molecular formula is C17H22N2O3S. The summed E-state index contributed by atoms with van der Waals surface area (Å²) in [6.07, 6.45) is 1.55. The van der Waals surface area contributed by atoms with Gasteiger partial charge in [-0.2, -0.15) is 0 Å². The first-order valence-electron chi connectivity index (χ1n) is 7.43. The monoisotopic (exact) mass is 334 g/mol. The number of fused-ring (bicyclic) bond motifs is 1. The van der Waals surface area contributed by atoms with Crippen molar-refractivity contribution in [2.24, 2.45) is 0 Å². The van der Waals surface area contributed by atoms with Crippen LogP contribution in [0.15, 0.2) is 30.5 Å². The van der Waals surface area contributed by atoms with Crippen LogP contribution in [0.5, 0.6) is 5.75 Å². The lowest BCUT2D eigenvalue weighted by Gasteiger charge is -2.18. The first-order valence-corrected chi connectivity index (χ1v) is 8.75. The van der Waals surface area contributed by atoms with Gasteiger partial charge >= 0.3 is 0 Å². The van der Waals surface area contributed by atoms with Crippen LogP contribution in [-0.4, -0.2) is 39.3 Å². The lowest BCUT2D eigenvalue weighted by Crippen LogP contribution is -2.33. The van der Waals surface area contributed by atoms with Crippen LogP contribution in [0, 0.1) is 0 Å². The Morgan fingerprint density at radius 2 is 2.00 bits per heavy atom. The van der Waals surface area contributed by atoms with Gasteiger partial charge in [0.2, 0.25) is 0 Å². The van der Waals surface area contributed by atoms with E-state index in [0.717, 1.165) is 10.9 Å². The normalized spacial score (nSPS) is 12.9. The Labute approximate surface area is 138 Å². The van der Waals surface area contributed by atoms with E-state index in [1.807, 2.05) is 45.0 Å². The number of benzene rings is 1. The average Bonchev–Trinajstić information content (AvgIpc) is 2.52. The molecule has 5 nitrogen and oxygen atoms in total. The highest BCUT2D eigenvalue weighted by Gasteiger charge is 2.20. The summed E-state index contributed by atoms with van der Waals surface area (Å²) in [5, 5.41) is 3.57. The Bertz CT molecular complexity index is 738. The molecule has 2 rings (SSSR count). The van der Waals surface area contributed by atoms with Gasteiger partial charge in [0.1, 0.15) is 0 Å². The highest BCUT2D eigenvalue weighted by molar-refractivity contribution is 7.86. The van der Waals surface area contributed by atoms with E-state index in [4.69, 9.17) is 4.74 Å². The maximum Gasteiger partial charge on any atom is 0.255 e. The highest BCUT2D eigenvalue weighted by Crippen LogP contribution is 2.25. The fraction of sp³-hybridized carbons (Fsp3) is 0.412. The summed E-state index contributed by atoms with van der Waals surface area (Å²) in [6.45, 7) is 6.11. The molecule has 6 heteroatoms. The summed E-state index contributed by atoms with van der Waals surface area (Å²) in [4.78, 5) is 16.8. The van der Waals surface area contributed by atoms with E-state index in [2.05, 4.69) is 10.3 Å². The minimum Gasteiger partial charge on any atom is -0.494 e. The van der Waals surface area contributed by atoms with E-state index in [-0.39, 0.29) is 10.7 Å². The molecule has 124 valence electrons. The molecule has 1 N–H and O–H groups in total. The van der Waals surface area contributed by atoms with Gasteiger partial charge in [0.05, 0.1) is 24.4 Å². The zero-order valence-electron chi connectivity index (χ0n) is 13.9. The first kappa shape index (κ1) is 17.4. The van der Waals surface area contributed by atoms with Crippen LogP contribution >= 0.6 is 0 Å². The number of hydrogen-bond acceptors (Lipinski definition) is 4. The van der Waals surface area contributed by atoms with Crippen LogP contribution in [0.1, 0.15) is 31.1 Å². The Balaban J connectivity index is 2.19. The number of aromatic nitrogens is 1. The fourth-order valence-electron chi connectivity index (χ4n) is 2.16.